The largest absolute Gasteiger partial charge is 0.358 e. The number of aryl methyl sites for hydroxylation is 1. The summed E-state index contributed by atoms with van der Waals surface area (Å²) >= 11 is 0. The molecule has 180 valence electrons. The van der Waals surface area contributed by atoms with Gasteiger partial charge >= 0.3 is 0 Å². The summed E-state index contributed by atoms with van der Waals surface area (Å²) in [4.78, 5) is 15.5. The zero-order valence-corrected chi connectivity index (χ0v) is 19.7. The predicted molar refractivity (Wildman–Crippen MR) is 126 cm³/mol. The highest BCUT2D eigenvalue weighted by Gasteiger charge is 2.62. The predicted octanol–water partition coefficient (Wildman–Crippen LogP) is 3.98. The van der Waals surface area contributed by atoms with Gasteiger partial charge in [0.05, 0.1) is 16.8 Å². The van der Waals surface area contributed by atoms with Crippen molar-refractivity contribution < 1.29 is 13.7 Å². The van der Waals surface area contributed by atoms with Crippen molar-refractivity contribution in [3.63, 3.8) is 0 Å². The minimum atomic E-state index is -0.584. The van der Waals surface area contributed by atoms with E-state index in [9.17, 15) is 9.18 Å². The van der Waals surface area contributed by atoms with Crippen molar-refractivity contribution in [2.24, 2.45) is 18.9 Å². The second-order valence-electron chi connectivity index (χ2n) is 10.6. The molecule has 3 fully saturated rings. The van der Waals surface area contributed by atoms with E-state index in [0.29, 0.717) is 23.2 Å². The number of carbonyl (C=O) groups excluding carboxylic acids is 1. The number of piperidine rings is 1. The minimum absolute atomic E-state index is 0.00686. The lowest BCUT2D eigenvalue weighted by Gasteiger charge is -2.30. The molecule has 0 spiro atoms. The van der Waals surface area contributed by atoms with Gasteiger partial charge < -0.3 is 14.7 Å². The lowest BCUT2D eigenvalue weighted by molar-refractivity contribution is 0.0921. The Balaban J connectivity index is 0.971. The Bertz CT molecular complexity index is 1200. The van der Waals surface area contributed by atoms with Gasteiger partial charge in [0.25, 0.3) is 5.91 Å². The fourth-order valence-corrected chi connectivity index (χ4v) is 6.35. The summed E-state index contributed by atoms with van der Waals surface area (Å²) in [5.74, 6) is 1.70. The number of halogens is 1. The van der Waals surface area contributed by atoms with E-state index in [1.165, 1.54) is 6.42 Å². The maximum Gasteiger partial charge on any atom is 0.252 e. The summed E-state index contributed by atoms with van der Waals surface area (Å²) < 4.78 is 19.7. The van der Waals surface area contributed by atoms with Gasteiger partial charge in [0.2, 0.25) is 0 Å². The van der Waals surface area contributed by atoms with Crippen LogP contribution in [0.1, 0.15) is 60.3 Å². The van der Waals surface area contributed by atoms with E-state index in [2.05, 4.69) is 20.5 Å². The average molecular weight is 466 g/mol. The monoisotopic (exact) mass is 465 g/mol. The number of aromatic nitrogens is 3. The van der Waals surface area contributed by atoms with Crippen LogP contribution >= 0.6 is 0 Å². The number of hydrogen-bond donors (Lipinski definition) is 1. The quantitative estimate of drug-likeness (QED) is 0.571. The molecular formula is C26H32FN5O2. The number of benzene rings is 1. The third-order valence-electron chi connectivity index (χ3n) is 8.36. The number of carbonyl (C=O) groups is 1. The van der Waals surface area contributed by atoms with Crippen molar-refractivity contribution in [3.8, 4) is 0 Å². The van der Waals surface area contributed by atoms with E-state index in [4.69, 9.17) is 4.52 Å². The number of fused-ring (bicyclic) bond motifs is 2. The molecule has 0 radical (unpaired) electrons. The normalized spacial score (nSPS) is 28.8. The maximum atomic E-state index is 12.9. The molecule has 2 saturated carbocycles. The van der Waals surface area contributed by atoms with E-state index >= 15 is 0 Å². The zero-order chi connectivity index (χ0) is 23.3. The minimum Gasteiger partial charge on any atom is -0.358 e. The second-order valence-corrected chi connectivity index (χ2v) is 10.6. The third-order valence-corrected chi connectivity index (χ3v) is 8.36. The molecule has 34 heavy (non-hydrogen) atoms. The molecule has 1 amide bonds. The molecule has 3 aromatic rings. The molecule has 1 saturated heterocycles. The van der Waals surface area contributed by atoms with E-state index < -0.39 is 6.67 Å². The number of likely N-dealkylation sites (tertiary alicyclic amines) is 1. The molecule has 8 heteroatoms. The van der Waals surface area contributed by atoms with Crippen molar-refractivity contribution in [2.75, 3.05) is 19.6 Å². The van der Waals surface area contributed by atoms with Crippen molar-refractivity contribution in [2.45, 2.75) is 56.7 Å². The van der Waals surface area contributed by atoms with Gasteiger partial charge in [-0.1, -0.05) is 11.2 Å². The van der Waals surface area contributed by atoms with Crippen LogP contribution in [0.3, 0.4) is 0 Å². The number of hydrogen-bond acceptors (Lipinski definition) is 5. The lowest BCUT2D eigenvalue weighted by Crippen LogP contribution is -2.38. The van der Waals surface area contributed by atoms with Crippen LogP contribution in [0.2, 0.25) is 0 Å². The fraction of sp³-hybridized carbons (Fsp3) is 0.577. The van der Waals surface area contributed by atoms with Crippen LogP contribution in [0.4, 0.5) is 4.39 Å². The number of amides is 1. The molecular weight excluding hydrogens is 433 g/mol. The summed E-state index contributed by atoms with van der Waals surface area (Å²) in [5, 5.41) is 12.7. The smallest absolute Gasteiger partial charge is 0.252 e. The summed E-state index contributed by atoms with van der Waals surface area (Å²) in [5.41, 5.74) is 2.62. The molecule has 1 N–H and O–H groups in total. The van der Waals surface area contributed by atoms with Crippen LogP contribution in [0.5, 0.6) is 0 Å². The molecule has 0 bridgehead atoms. The summed E-state index contributed by atoms with van der Waals surface area (Å²) in [6.45, 7) is 2.65. The summed E-state index contributed by atoms with van der Waals surface area (Å²) in [6.07, 6.45) is 8.66. The fourth-order valence-electron chi connectivity index (χ4n) is 6.35. The topological polar surface area (TPSA) is 76.2 Å². The Labute approximate surface area is 198 Å². The summed E-state index contributed by atoms with van der Waals surface area (Å²) in [6, 6.07) is 7.78. The molecule has 7 nitrogen and oxygen atoms in total. The van der Waals surface area contributed by atoms with Crippen LogP contribution in [0.25, 0.3) is 10.9 Å². The van der Waals surface area contributed by atoms with Crippen molar-refractivity contribution >= 4 is 16.8 Å². The maximum absolute atomic E-state index is 12.9. The number of alkyl halides is 1. The second kappa shape index (κ2) is 8.48. The first-order valence-corrected chi connectivity index (χ1v) is 12.5. The van der Waals surface area contributed by atoms with Gasteiger partial charge in [-0.25, -0.2) is 4.39 Å². The van der Waals surface area contributed by atoms with Gasteiger partial charge in [-0.15, -0.1) is 0 Å². The number of nitrogens with one attached hydrogen (secondary N) is 1. The Morgan fingerprint density at radius 3 is 2.94 bits per heavy atom. The van der Waals surface area contributed by atoms with Crippen LogP contribution in [0, 0.1) is 11.8 Å². The first-order chi connectivity index (χ1) is 16.5. The SMILES string of the molecule is Cn1cc2c(C(=O)N[C@H]3CC[C@H](CCN4CC5CC5(c5cc(CF)on5)C4)CC3)cccc2n1. The zero-order valence-electron chi connectivity index (χ0n) is 19.7. The van der Waals surface area contributed by atoms with Crippen LogP contribution < -0.4 is 5.32 Å². The molecule has 2 atom stereocenters. The molecule has 3 heterocycles. The van der Waals surface area contributed by atoms with Gasteiger partial charge in [0, 0.05) is 49.2 Å². The van der Waals surface area contributed by atoms with Crippen molar-refractivity contribution in [1.82, 2.24) is 25.2 Å². The highest BCUT2D eigenvalue weighted by atomic mass is 19.1. The van der Waals surface area contributed by atoms with Crippen LogP contribution in [-0.4, -0.2) is 51.4 Å². The third kappa shape index (κ3) is 3.91. The molecule has 3 aliphatic rings. The summed E-state index contributed by atoms with van der Waals surface area (Å²) in [7, 11) is 1.88. The molecule has 2 aromatic heterocycles. The molecule has 1 aliphatic heterocycles. The Hall–Kier alpha value is -2.74. The standard InChI is InChI=1S/C26H32FN5O2/c1-31-15-22-21(3-2-4-23(22)29-31)25(33)28-19-7-5-17(6-8-19)9-10-32-14-18-12-26(18,16-32)24-11-20(13-27)34-30-24/h2-4,11,15,17-19H,5-10,12-14,16H2,1H3,(H,28,33)/t17-,18?,19-,26?. The molecule has 2 aliphatic carbocycles. The van der Waals surface area contributed by atoms with Gasteiger partial charge in [-0.3, -0.25) is 9.48 Å². The highest BCUT2D eigenvalue weighted by Crippen LogP contribution is 2.58. The average Bonchev–Trinajstić information content (AvgIpc) is 3.23. The van der Waals surface area contributed by atoms with E-state index in [-0.39, 0.29) is 17.4 Å². The van der Waals surface area contributed by atoms with Crippen molar-refractivity contribution in [1.29, 1.82) is 0 Å². The Kier molecular flexibility index (Phi) is 5.43. The van der Waals surface area contributed by atoms with Crippen LogP contribution in [-0.2, 0) is 19.1 Å². The first kappa shape index (κ1) is 21.8. The van der Waals surface area contributed by atoms with Crippen LogP contribution in [0.15, 0.2) is 35.0 Å². The highest BCUT2D eigenvalue weighted by molar-refractivity contribution is 6.06. The van der Waals surface area contributed by atoms with Gasteiger partial charge in [-0.2, -0.15) is 5.10 Å². The molecule has 2 unspecified atom stereocenters. The Morgan fingerprint density at radius 2 is 2.15 bits per heavy atom. The lowest BCUT2D eigenvalue weighted by atomic mass is 9.84. The van der Waals surface area contributed by atoms with E-state index in [1.54, 1.807) is 4.68 Å². The first-order valence-electron chi connectivity index (χ1n) is 12.5. The molecule has 1 aromatic carbocycles. The van der Waals surface area contributed by atoms with Crippen molar-refractivity contribution in [3.05, 3.63) is 47.5 Å². The van der Waals surface area contributed by atoms with Gasteiger partial charge in [0.1, 0.15) is 6.67 Å². The number of rotatable bonds is 7. The van der Waals surface area contributed by atoms with E-state index in [1.807, 2.05) is 37.5 Å². The van der Waals surface area contributed by atoms with Gasteiger partial charge in [0.15, 0.2) is 5.76 Å². The number of nitrogens with zero attached hydrogens (tertiary/aromatic N) is 4. The van der Waals surface area contributed by atoms with E-state index in [0.717, 1.165) is 68.3 Å². The van der Waals surface area contributed by atoms with Gasteiger partial charge in [-0.05, 0) is 69.0 Å². The Morgan fingerprint density at radius 1 is 1.29 bits per heavy atom. The molecule has 6 rings (SSSR count).